The van der Waals surface area contributed by atoms with Crippen molar-refractivity contribution in [3.05, 3.63) is 36.2 Å². The fourth-order valence-electron chi connectivity index (χ4n) is 2.69. The predicted molar refractivity (Wildman–Crippen MR) is 69.2 cm³/mol. The molecule has 1 aromatic heterocycles. The van der Waals surface area contributed by atoms with E-state index in [0.717, 1.165) is 17.9 Å². The van der Waals surface area contributed by atoms with Crippen molar-refractivity contribution in [2.75, 3.05) is 7.05 Å². The van der Waals surface area contributed by atoms with E-state index in [1.165, 1.54) is 12.8 Å². The minimum Gasteiger partial charge on any atom is -0.339 e. The third-order valence-electron chi connectivity index (χ3n) is 3.68. The lowest BCUT2D eigenvalue weighted by Crippen LogP contribution is -2.27. The largest absolute Gasteiger partial charge is 0.339 e. The monoisotopic (exact) mass is 243 g/mol. The molecule has 1 heterocycles. The van der Waals surface area contributed by atoms with Crippen molar-refractivity contribution in [3.8, 4) is 11.4 Å². The van der Waals surface area contributed by atoms with Gasteiger partial charge in [-0.15, -0.1) is 0 Å². The topological polar surface area (TPSA) is 51.0 Å². The first-order valence-corrected chi connectivity index (χ1v) is 6.45. The Labute approximate surface area is 106 Å². The first kappa shape index (κ1) is 11.4. The lowest BCUT2D eigenvalue weighted by Gasteiger charge is -2.14. The normalized spacial score (nSPS) is 23.4. The van der Waals surface area contributed by atoms with E-state index in [1.54, 1.807) is 0 Å². The van der Waals surface area contributed by atoms with Crippen LogP contribution in [-0.2, 0) is 0 Å². The second kappa shape index (κ2) is 4.90. The molecule has 18 heavy (non-hydrogen) atoms. The second-order valence-corrected chi connectivity index (χ2v) is 4.75. The summed E-state index contributed by atoms with van der Waals surface area (Å²) in [5.41, 5.74) is 1.01. The van der Waals surface area contributed by atoms with E-state index < -0.39 is 0 Å². The minimum absolute atomic E-state index is 0.361. The van der Waals surface area contributed by atoms with Gasteiger partial charge in [-0.2, -0.15) is 4.98 Å². The molecule has 4 nitrogen and oxygen atoms in total. The summed E-state index contributed by atoms with van der Waals surface area (Å²) < 4.78 is 5.43. The van der Waals surface area contributed by atoms with Crippen LogP contribution in [0.4, 0.5) is 0 Å². The van der Waals surface area contributed by atoms with Gasteiger partial charge in [-0.1, -0.05) is 41.9 Å². The summed E-state index contributed by atoms with van der Waals surface area (Å²) in [6.07, 6.45) is 3.53. The van der Waals surface area contributed by atoms with Crippen LogP contribution in [0, 0.1) is 0 Å². The summed E-state index contributed by atoms with van der Waals surface area (Å²) in [6.45, 7) is 0. The number of aromatic nitrogens is 2. The molecule has 2 unspecified atom stereocenters. The van der Waals surface area contributed by atoms with Crippen LogP contribution in [0.5, 0.6) is 0 Å². The highest BCUT2D eigenvalue weighted by molar-refractivity contribution is 5.53. The van der Waals surface area contributed by atoms with Crippen molar-refractivity contribution < 1.29 is 4.52 Å². The maximum absolute atomic E-state index is 5.43. The molecule has 2 aromatic rings. The lowest BCUT2D eigenvalue weighted by atomic mass is 10.0. The molecular weight excluding hydrogens is 226 g/mol. The van der Waals surface area contributed by atoms with Gasteiger partial charge in [0.25, 0.3) is 0 Å². The molecule has 2 atom stereocenters. The van der Waals surface area contributed by atoms with Gasteiger partial charge in [0.05, 0.1) is 5.92 Å². The number of rotatable bonds is 3. The molecule has 4 heteroatoms. The molecule has 0 amide bonds. The zero-order valence-corrected chi connectivity index (χ0v) is 10.5. The van der Waals surface area contributed by atoms with E-state index in [4.69, 9.17) is 4.52 Å². The first-order chi connectivity index (χ1) is 8.88. The molecule has 1 aliphatic rings. The second-order valence-electron chi connectivity index (χ2n) is 4.75. The average Bonchev–Trinajstić information content (AvgIpc) is 3.08. The number of hydrogen-bond acceptors (Lipinski definition) is 4. The Hall–Kier alpha value is -1.68. The van der Waals surface area contributed by atoms with Crippen molar-refractivity contribution in [2.24, 2.45) is 0 Å². The zero-order valence-electron chi connectivity index (χ0n) is 10.5. The number of likely N-dealkylation sites (N-methyl/N-ethyl adjacent to an activating group) is 1. The average molecular weight is 243 g/mol. The van der Waals surface area contributed by atoms with E-state index >= 15 is 0 Å². The predicted octanol–water partition coefficient (Wildman–Crippen LogP) is 2.59. The van der Waals surface area contributed by atoms with Crippen LogP contribution in [0.25, 0.3) is 11.4 Å². The highest BCUT2D eigenvalue weighted by atomic mass is 16.5. The van der Waals surface area contributed by atoms with Gasteiger partial charge in [0.1, 0.15) is 0 Å². The summed E-state index contributed by atoms with van der Waals surface area (Å²) in [4.78, 5) is 4.54. The van der Waals surface area contributed by atoms with Crippen molar-refractivity contribution in [1.29, 1.82) is 0 Å². The minimum atomic E-state index is 0.361. The van der Waals surface area contributed by atoms with E-state index in [9.17, 15) is 0 Å². The van der Waals surface area contributed by atoms with Crippen molar-refractivity contribution >= 4 is 0 Å². The van der Waals surface area contributed by atoms with Gasteiger partial charge in [0, 0.05) is 11.6 Å². The van der Waals surface area contributed by atoms with Crippen LogP contribution in [0.3, 0.4) is 0 Å². The Kier molecular flexibility index (Phi) is 3.11. The lowest BCUT2D eigenvalue weighted by molar-refractivity contribution is 0.335. The third-order valence-corrected chi connectivity index (χ3v) is 3.68. The first-order valence-electron chi connectivity index (χ1n) is 6.45. The van der Waals surface area contributed by atoms with Crippen molar-refractivity contribution in [1.82, 2.24) is 15.5 Å². The highest BCUT2D eigenvalue weighted by Crippen LogP contribution is 2.34. The Morgan fingerprint density at radius 2 is 2.06 bits per heavy atom. The molecule has 94 valence electrons. The standard InChI is InChI=1S/C14H17N3O/c1-15-12-9-5-8-11(12)14-16-13(17-18-14)10-6-3-2-4-7-10/h2-4,6-7,11-12,15H,5,8-9H2,1H3. The maximum Gasteiger partial charge on any atom is 0.231 e. The molecule has 1 aliphatic carbocycles. The van der Waals surface area contributed by atoms with E-state index in [1.807, 2.05) is 37.4 Å². The Morgan fingerprint density at radius 1 is 1.22 bits per heavy atom. The van der Waals surface area contributed by atoms with Crippen molar-refractivity contribution in [3.63, 3.8) is 0 Å². The number of benzene rings is 1. The van der Waals surface area contributed by atoms with Gasteiger partial charge in [-0.25, -0.2) is 0 Å². The molecule has 0 saturated heterocycles. The van der Waals surface area contributed by atoms with Gasteiger partial charge in [0.15, 0.2) is 0 Å². The molecule has 1 saturated carbocycles. The highest BCUT2D eigenvalue weighted by Gasteiger charge is 2.31. The molecule has 1 fully saturated rings. The van der Waals surface area contributed by atoms with Gasteiger partial charge in [0.2, 0.25) is 11.7 Å². The van der Waals surface area contributed by atoms with Gasteiger partial charge in [-0.3, -0.25) is 0 Å². The molecule has 3 rings (SSSR count). The molecule has 0 radical (unpaired) electrons. The molecular formula is C14H17N3O. The molecule has 0 spiro atoms. The number of hydrogen-bond donors (Lipinski definition) is 1. The maximum atomic E-state index is 5.43. The summed E-state index contributed by atoms with van der Waals surface area (Å²) in [5, 5.41) is 7.42. The summed E-state index contributed by atoms with van der Waals surface area (Å²) in [7, 11) is 2.00. The van der Waals surface area contributed by atoms with Gasteiger partial charge >= 0.3 is 0 Å². The summed E-state index contributed by atoms with van der Waals surface area (Å²) in [6, 6.07) is 10.4. The molecule has 0 bridgehead atoms. The van der Waals surface area contributed by atoms with E-state index in [0.29, 0.717) is 17.8 Å². The fourth-order valence-corrected chi connectivity index (χ4v) is 2.69. The Balaban J connectivity index is 1.86. The Morgan fingerprint density at radius 3 is 2.83 bits per heavy atom. The fraction of sp³-hybridized carbons (Fsp3) is 0.429. The van der Waals surface area contributed by atoms with Crippen LogP contribution in [-0.4, -0.2) is 23.2 Å². The van der Waals surface area contributed by atoms with Gasteiger partial charge < -0.3 is 9.84 Å². The Bertz CT molecular complexity index is 509. The number of nitrogens with zero attached hydrogens (tertiary/aromatic N) is 2. The van der Waals surface area contributed by atoms with Crippen LogP contribution < -0.4 is 5.32 Å². The van der Waals surface area contributed by atoms with Crippen LogP contribution in [0.1, 0.15) is 31.1 Å². The van der Waals surface area contributed by atoms with E-state index in [2.05, 4.69) is 15.5 Å². The summed E-state index contributed by atoms with van der Waals surface area (Å²) in [5.74, 6) is 1.82. The SMILES string of the molecule is CNC1CCCC1c1nc(-c2ccccc2)no1. The quantitative estimate of drug-likeness (QED) is 0.900. The number of nitrogens with one attached hydrogen (secondary N) is 1. The molecule has 0 aliphatic heterocycles. The van der Waals surface area contributed by atoms with Crippen LogP contribution in [0.2, 0.25) is 0 Å². The van der Waals surface area contributed by atoms with Crippen LogP contribution in [0.15, 0.2) is 34.9 Å². The van der Waals surface area contributed by atoms with Gasteiger partial charge in [-0.05, 0) is 19.9 Å². The summed E-state index contributed by atoms with van der Waals surface area (Å²) >= 11 is 0. The zero-order chi connectivity index (χ0) is 12.4. The smallest absolute Gasteiger partial charge is 0.231 e. The molecule has 1 aromatic carbocycles. The van der Waals surface area contributed by atoms with Crippen LogP contribution >= 0.6 is 0 Å². The van der Waals surface area contributed by atoms with E-state index in [-0.39, 0.29) is 0 Å². The molecule has 1 N–H and O–H groups in total. The van der Waals surface area contributed by atoms with Crippen molar-refractivity contribution in [2.45, 2.75) is 31.2 Å². The third kappa shape index (κ3) is 2.04.